The SMILES string of the molecule is CCCCCCCCCCCCCCc1cc(C)cc(C)[n+]1CCCCCC[n+]1c(C)cc(C)cc1CCCCCCCCCCCCCC. The molecule has 0 aromatic carbocycles. The molecule has 2 heterocycles. The summed E-state index contributed by atoms with van der Waals surface area (Å²) in [5.41, 5.74) is 8.90. The molecule has 2 aromatic rings. The first-order chi connectivity index (χ1) is 24.5. The summed E-state index contributed by atoms with van der Waals surface area (Å²) in [5, 5.41) is 0. The van der Waals surface area contributed by atoms with Crippen molar-refractivity contribution in [3.05, 3.63) is 58.2 Å². The predicted octanol–water partition coefficient (Wildman–Crippen LogP) is 14.2. The molecule has 0 amide bonds. The Hall–Kier alpha value is -1.70. The Morgan fingerprint density at radius 1 is 0.320 bits per heavy atom. The average Bonchev–Trinajstić information content (AvgIpc) is 3.08. The van der Waals surface area contributed by atoms with E-state index in [0.29, 0.717) is 0 Å². The van der Waals surface area contributed by atoms with E-state index in [0.717, 1.165) is 0 Å². The van der Waals surface area contributed by atoms with Gasteiger partial charge in [0.05, 0.1) is 0 Å². The van der Waals surface area contributed by atoms with Crippen LogP contribution in [0.1, 0.15) is 228 Å². The second-order valence-electron chi connectivity index (χ2n) is 16.3. The van der Waals surface area contributed by atoms with Crippen LogP contribution in [-0.2, 0) is 25.9 Å². The summed E-state index contributed by atoms with van der Waals surface area (Å²) >= 11 is 0. The summed E-state index contributed by atoms with van der Waals surface area (Å²) in [6.07, 6.45) is 41.9. The highest BCUT2D eigenvalue weighted by Gasteiger charge is 2.17. The molecule has 0 fully saturated rings. The molecule has 0 spiro atoms. The van der Waals surface area contributed by atoms with Gasteiger partial charge in [-0.25, -0.2) is 9.13 Å². The average molecular weight is 691 g/mol. The van der Waals surface area contributed by atoms with Crippen molar-refractivity contribution in [2.45, 2.75) is 247 Å². The largest absolute Gasteiger partial charge is 0.200 e. The van der Waals surface area contributed by atoms with Gasteiger partial charge in [-0.05, 0) is 50.7 Å². The molecule has 0 bridgehead atoms. The van der Waals surface area contributed by atoms with E-state index in [-0.39, 0.29) is 0 Å². The summed E-state index contributed by atoms with van der Waals surface area (Å²) in [6, 6.07) is 9.72. The number of pyridine rings is 2. The number of aryl methyl sites for hydroxylation is 6. The standard InChI is InChI=1S/C48H86N2/c1-7-9-11-13-15-17-19-21-23-25-27-31-35-47-41-43(3)39-45(5)49(47)37-33-29-30-34-38-50-46(6)40-44(4)42-48(50)36-32-28-26-24-22-20-18-16-14-12-10-8-2/h39-42H,7-38H2,1-6H3/q+2. The van der Waals surface area contributed by atoms with Crippen molar-refractivity contribution in [2.24, 2.45) is 0 Å². The van der Waals surface area contributed by atoms with Gasteiger partial charge in [-0.3, -0.25) is 0 Å². The zero-order chi connectivity index (χ0) is 36.1. The van der Waals surface area contributed by atoms with E-state index in [1.54, 1.807) is 11.4 Å². The zero-order valence-corrected chi connectivity index (χ0v) is 34.8. The first-order valence-electron chi connectivity index (χ1n) is 22.5. The van der Waals surface area contributed by atoms with Crippen LogP contribution in [0.25, 0.3) is 0 Å². The van der Waals surface area contributed by atoms with Crippen LogP contribution in [0.2, 0.25) is 0 Å². The molecule has 2 aromatic heterocycles. The second kappa shape index (κ2) is 29.8. The van der Waals surface area contributed by atoms with Crippen LogP contribution in [0, 0.1) is 27.7 Å². The summed E-state index contributed by atoms with van der Waals surface area (Å²) in [6.45, 7) is 16.2. The van der Waals surface area contributed by atoms with Crippen molar-refractivity contribution in [2.75, 3.05) is 0 Å². The molecule has 0 saturated heterocycles. The van der Waals surface area contributed by atoms with Crippen LogP contribution < -0.4 is 9.13 Å². The third-order valence-electron chi connectivity index (χ3n) is 11.3. The van der Waals surface area contributed by atoms with Crippen molar-refractivity contribution >= 4 is 0 Å². The van der Waals surface area contributed by atoms with E-state index >= 15 is 0 Å². The number of unbranched alkanes of at least 4 members (excludes halogenated alkanes) is 25. The van der Waals surface area contributed by atoms with Crippen LogP contribution in [0.4, 0.5) is 0 Å². The van der Waals surface area contributed by atoms with Crippen molar-refractivity contribution in [3.63, 3.8) is 0 Å². The number of nitrogens with zero attached hydrogens (tertiary/aromatic N) is 2. The van der Waals surface area contributed by atoms with Crippen LogP contribution >= 0.6 is 0 Å². The Kier molecular flexibility index (Phi) is 26.5. The lowest BCUT2D eigenvalue weighted by Gasteiger charge is -2.10. The molecule has 2 heteroatoms. The highest BCUT2D eigenvalue weighted by atomic mass is 15.0. The lowest BCUT2D eigenvalue weighted by molar-refractivity contribution is -0.711. The first-order valence-corrected chi connectivity index (χ1v) is 22.5. The maximum Gasteiger partial charge on any atom is 0.181 e. The van der Waals surface area contributed by atoms with Gasteiger partial charge in [0.1, 0.15) is 13.1 Å². The number of aromatic nitrogens is 2. The molecule has 0 unspecified atom stereocenters. The van der Waals surface area contributed by atoms with Gasteiger partial charge in [-0.2, -0.15) is 0 Å². The van der Waals surface area contributed by atoms with Crippen molar-refractivity contribution in [1.29, 1.82) is 0 Å². The molecular formula is C48H86N2+2. The Balaban J connectivity index is 1.64. The fraction of sp³-hybridized carbons (Fsp3) is 0.792. The van der Waals surface area contributed by atoms with Crippen molar-refractivity contribution in [3.8, 4) is 0 Å². The van der Waals surface area contributed by atoms with E-state index in [9.17, 15) is 0 Å². The normalized spacial score (nSPS) is 11.6. The number of rotatable bonds is 33. The third kappa shape index (κ3) is 21.0. The highest BCUT2D eigenvalue weighted by Crippen LogP contribution is 2.16. The van der Waals surface area contributed by atoms with Gasteiger partial charge >= 0.3 is 0 Å². The van der Waals surface area contributed by atoms with Crippen LogP contribution in [0.3, 0.4) is 0 Å². The van der Waals surface area contributed by atoms with Crippen LogP contribution in [0.5, 0.6) is 0 Å². The molecular weight excluding hydrogens is 605 g/mol. The fourth-order valence-electron chi connectivity index (χ4n) is 8.27. The van der Waals surface area contributed by atoms with Crippen LogP contribution in [0.15, 0.2) is 24.3 Å². The molecule has 0 radical (unpaired) electrons. The third-order valence-corrected chi connectivity index (χ3v) is 11.3. The lowest BCUT2D eigenvalue weighted by Crippen LogP contribution is -2.42. The molecule has 2 rings (SSSR count). The summed E-state index contributed by atoms with van der Waals surface area (Å²) in [4.78, 5) is 0. The molecule has 2 nitrogen and oxygen atoms in total. The highest BCUT2D eigenvalue weighted by molar-refractivity contribution is 5.15. The molecule has 286 valence electrons. The minimum absolute atomic E-state index is 1.18. The van der Waals surface area contributed by atoms with E-state index in [4.69, 9.17) is 0 Å². The molecule has 0 N–H and O–H groups in total. The quantitative estimate of drug-likeness (QED) is 0.0520. The van der Waals surface area contributed by atoms with Gasteiger partial charge in [0.2, 0.25) is 0 Å². The van der Waals surface area contributed by atoms with Gasteiger partial charge < -0.3 is 0 Å². The minimum atomic E-state index is 1.18. The molecule has 0 aliphatic rings. The number of hydrogen-bond donors (Lipinski definition) is 0. The lowest BCUT2D eigenvalue weighted by atomic mass is 10.0. The molecule has 0 atom stereocenters. The van der Waals surface area contributed by atoms with E-state index < -0.39 is 0 Å². The topological polar surface area (TPSA) is 7.76 Å². The smallest absolute Gasteiger partial charge is 0.181 e. The van der Waals surface area contributed by atoms with E-state index in [2.05, 4.69) is 74.9 Å². The monoisotopic (exact) mass is 691 g/mol. The Bertz CT molecular complexity index is 1010. The predicted molar refractivity (Wildman–Crippen MR) is 220 cm³/mol. The maximum absolute atomic E-state index is 2.65. The zero-order valence-electron chi connectivity index (χ0n) is 34.8. The Morgan fingerprint density at radius 2 is 0.580 bits per heavy atom. The first kappa shape index (κ1) is 44.5. The van der Waals surface area contributed by atoms with Gasteiger partial charge in [-0.15, -0.1) is 0 Å². The van der Waals surface area contributed by atoms with Gasteiger partial charge in [0.15, 0.2) is 22.8 Å². The minimum Gasteiger partial charge on any atom is -0.200 e. The van der Waals surface area contributed by atoms with Gasteiger partial charge in [0, 0.05) is 63.8 Å². The fourth-order valence-corrected chi connectivity index (χ4v) is 8.27. The van der Waals surface area contributed by atoms with Gasteiger partial charge in [0.25, 0.3) is 0 Å². The molecule has 0 aliphatic heterocycles. The molecule has 50 heavy (non-hydrogen) atoms. The number of hydrogen-bond acceptors (Lipinski definition) is 0. The van der Waals surface area contributed by atoms with Crippen molar-refractivity contribution in [1.82, 2.24) is 0 Å². The Morgan fingerprint density at radius 3 is 0.880 bits per heavy atom. The second-order valence-corrected chi connectivity index (χ2v) is 16.3. The van der Waals surface area contributed by atoms with Crippen molar-refractivity contribution < 1.29 is 9.13 Å². The maximum atomic E-state index is 2.65. The summed E-state index contributed by atoms with van der Waals surface area (Å²) < 4.78 is 5.30. The van der Waals surface area contributed by atoms with Gasteiger partial charge in [-0.1, -0.05) is 155 Å². The summed E-state index contributed by atoms with van der Waals surface area (Å²) in [7, 11) is 0. The van der Waals surface area contributed by atoms with E-state index in [1.807, 2.05) is 0 Å². The van der Waals surface area contributed by atoms with E-state index in [1.165, 1.54) is 228 Å². The molecule has 0 saturated carbocycles. The summed E-state index contributed by atoms with van der Waals surface area (Å²) in [5.74, 6) is 0. The molecule has 0 aliphatic carbocycles. The Labute approximate surface area is 313 Å². The van der Waals surface area contributed by atoms with Crippen LogP contribution in [-0.4, -0.2) is 0 Å².